The fourth-order valence-corrected chi connectivity index (χ4v) is 1.97. The summed E-state index contributed by atoms with van der Waals surface area (Å²) in [5, 5.41) is 15.4. The van der Waals surface area contributed by atoms with Gasteiger partial charge in [-0.15, -0.1) is 0 Å². The van der Waals surface area contributed by atoms with Crippen LogP contribution in [-0.4, -0.2) is 16.9 Å². The van der Waals surface area contributed by atoms with E-state index < -0.39 is 0 Å². The average molecular weight is 333 g/mol. The van der Waals surface area contributed by atoms with Crippen LogP contribution in [0.5, 0.6) is 5.75 Å². The molecule has 0 aliphatic rings. The van der Waals surface area contributed by atoms with Crippen molar-refractivity contribution in [1.29, 1.82) is 0 Å². The van der Waals surface area contributed by atoms with Crippen molar-refractivity contribution in [3.8, 4) is 5.75 Å². The van der Waals surface area contributed by atoms with Gasteiger partial charge in [0.1, 0.15) is 5.75 Å². The summed E-state index contributed by atoms with van der Waals surface area (Å²) < 4.78 is 0. The van der Waals surface area contributed by atoms with E-state index in [9.17, 15) is 14.7 Å². The molecule has 0 fully saturated rings. The van der Waals surface area contributed by atoms with Crippen LogP contribution in [0.3, 0.4) is 0 Å². The Bertz CT molecular complexity index is 727. The molecule has 5 nitrogen and oxygen atoms in total. The van der Waals surface area contributed by atoms with Crippen molar-refractivity contribution >= 4 is 34.8 Å². The van der Waals surface area contributed by atoms with E-state index in [-0.39, 0.29) is 29.2 Å². The minimum absolute atomic E-state index is 0.0661. The number of carbonyl (C=O) groups excluding carboxylic acids is 2. The molecule has 0 radical (unpaired) electrons. The van der Waals surface area contributed by atoms with Crippen molar-refractivity contribution < 1.29 is 14.7 Å². The molecule has 0 aliphatic carbocycles. The van der Waals surface area contributed by atoms with Crippen LogP contribution in [0.2, 0.25) is 5.02 Å². The number of amides is 2. The third-order valence-electron chi connectivity index (χ3n) is 3.15. The summed E-state index contributed by atoms with van der Waals surface area (Å²) in [7, 11) is 0. The monoisotopic (exact) mass is 332 g/mol. The highest BCUT2D eigenvalue weighted by Gasteiger charge is 2.11. The lowest BCUT2D eigenvalue weighted by molar-refractivity contribution is -0.118. The molecule has 2 amide bonds. The maximum atomic E-state index is 12.2. The lowest BCUT2D eigenvalue weighted by Crippen LogP contribution is -2.18. The van der Waals surface area contributed by atoms with Gasteiger partial charge in [0.2, 0.25) is 5.91 Å². The second-order valence-electron chi connectivity index (χ2n) is 5.34. The molecule has 2 rings (SSSR count). The minimum atomic E-state index is -0.385. The predicted molar refractivity (Wildman–Crippen MR) is 91.0 cm³/mol. The first-order valence-electron chi connectivity index (χ1n) is 7.07. The van der Waals surface area contributed by atoms with Gasteiger partial charge >= 0.3 is 0 Å². The van der Waals surface area contributed by atoms with Gasteiger partial charge in [0.05, 0.1) is 5.69 Å². The maximum absolute atomic E-state index is 12.2. The van der Waals surface area contributed by atoms with Gasteiger partial charge in [-0.2, -0.15) is 0 Å². The van der Waals surface area contributed by atoms with E-state index in [1.54, 1.807) is 38.1 Å². The Hall–Kier alpha value is -2.53. The fraction of sp³-hybridized carbons (Fsp3) is 0.176. The summed E-state index contributed by atoms with van der Waals surface area (Å²) in [6, 6.07) is 10.9. The van der Waals surface area contributed by atoms with Gasteiger partial charge in [-0.1, -0.05) is 25.4 Å². The first kappa shape index (κ1) is 16.8. The summed E-state index contributed by atoms with van der Waals surface area (Å²) in [4.78, 5) is 23.8. The molecule has 0 unspecified atom stereocenters. The number of phenols is 1. The highest BCUT2D eigenvalue weighted by molar-refractivity contribution is 6.31. The normalized spacial score (nSPS) is 10.4. The molecular weight excluding hydrogens is 316 g/mol. The third kappa shape index (κ3) is 4.47. The molecule has 0 aliphatic heterocycles. The van der Waals surface area contributed by atoms with Gasteiger partial charge in [0.15, 0.2) is 0 Å². The number of anilines is 2. The number of carbonyl (C=O) groups is 2. The van der Waals surface area contributed by atoms with Crippen LogP contribution in [0.1, 0.15) is 24.2 Å². The van der Waals surface area contributed by atoms with Gasteiger partial charge in [0.25, 0.3) is 5.91 Å². The lowest BCUT2D eigenvalue weighted by Gasteiger charge is -2.10. The van der Waals surface area contributed by atoms with E-state index in [4.69, 9.17) is 11.6 Å². The van der Waals surface area contributed by atoms with E-state index in [2.05, 4.69) is 10.6 Å². The Morgan fingerprint density at radius 2 is 1.70 bits per heavy atom. The topological polar surface area (TPSA) is 78.4 Å². The van der Waals surface area contributed by atoms with Gasteiger partial charge in [0, 0.05) is 22.2 Å². The van der Waals surface area contributed by atoms with Crippen molar-refractivity contribution in [1.82, 2.24) is 0 Å². The molecule has 2 aromatic carbocycles. The van der Waals surface area contributed by atoms with E-state index in [0.717, 1.165) is 0 Å². The number of benzene rings is 2. The van der Waals surface area contributed by atoms with Crippen LogP contribution in [0.25, 0.3) is 0 Å². The molecule has 6 heteroatoms. The molecule has 0 atom stereocenters. The van der Waals surface area contributed by atoms with Crippen molar-refractivity contribution in [3.05, 3.63) is 53.1 Å². The summed E-state index contributed by atoms with van der Waals surface area (Å²) >= 11 is 5.84. The molecule has 2 aromatic rings. The molecule has 0 spiro atoms. The second-order valence-corrected chi connectivity index (χ2v) is 5.77. The molecular formula is C17H17ClN2O3. The number of hydrogen-bond acceptors (Lipinski definition) is 3. The number of aromatic hydroxyl groups is 1. The Labute approximate surface area is 139 Å². The molecule has 120 valence electrons. The molecule has 0 aromatic heterocycles. The van der Waals surface area contributed by atoms with E-state index in [0.29, 0.717) is 16.3 Å². The Kier molecular flexibility index (Phi) is 5.24. The molecule has 0 saturated heterocycles. The highest BCUT2D eigenvalue weighted by Crippen LogP contribution is 2.27. The number of nitrogens with one attached hydrogen (secondary N) is 2. The Morgan fingerprint density at radius 3 is 2.30 bits per heavy atom. The van der Waals surface area contributed by atoms with E-state index in [1.807, 2.05) is 0 Å². The standard InChI is InChI=1S/C17H17ClN2O3/c1-10(2)16(22)19-13-6-3-11(4-7-13)17(23)20-14-9-12(18)5-8-15(14)21/h3-10,21H,1-2H3,(H,19,22)(H,20,23). The largest absolute Gasteiger partial charge is 0.506 e. The number of rotatable bonds is 4. The maximum Gasteiger partial charge on any atom is 0.255 e. The first-order chi connectivity index (χ1) is 10.9. The second kappa shape index (κ2) is 7.15. The first-order valence-corrected chi connectivity index (χ1v) is 7.45. The number of halogens is 1. The van der Waals surface area contributed by atoms with Crippen LogP contribution in [0.4, 0.5) is 11.4 Å². The van der Waals surface area contributed by atoms with Crippen molar-refractivity contribution in [2.75, 3.05) is 10.6 Å². The third-order valence-corrected chi connectivity index (χ3v) is 3.38. The van der Waals surface area contributed by atoms with Gasteiger partial charge in [-0.3, -0.25) is 9.59 Å². The zero-order valence-corrected chi connectivity index (χ0v) is 13.5. The van der Waals surface area contributed by atoms with E-state index in [1.165, 1.54) is 18.2 Å². The van der Waals surface area contributed by atoms with Crippen LogP contribution in [0.15, 0.2) is 42.5 Å². The van der Waals surface area contributed by atoms with Crippen LogP contribution >= 0.6 is 11.6 Å². The van der Waals surface area contributed by atoms with Crippen LogP contribution < -0.4 is 10.6 Å². The van der Waals surface area contributed by atoms with Crippen molar-refractivity contribution in [2.24, 2.45) is 5.92 Å². The average Bonchev–Trinajstić information content (AvgIpc) is 2.51. The SMILES string of the molecule is CC(C)C(=O)Nc1ccc(C(=O)Nc2cc(Cl)ccc2O)cc1. The Balaban J connectivity index is 2.08. The molecule has 0 saturated carbocycles. The zero-order valence-electron chi connectivity index (χ0n) is 12.8. The van der Waals surface area contributed by atoms with Crippen molar-refractivity contribution in [3.63, 3.8) is 0 Å². The van der Waals surface area contributed by atoms with Gasteiger partial charge in [-0.25, -0.2) is 0 Å². The Morgan fingerprint density at radius 1 is 1.04 bits per heavy atom. The van der Waals surface area contributed by atoms with Gasteiger partial charge in [-0.05, 0) is 42.5 Å². The summed E-state index contributed by atoms with van der Waals surface area (Å²) in [6.45, 7) is 3.60. The molecule has 3 N–H and O–H groups in total. The minimum Gasteiger partial charge on any atom is -0.506 e. The highest BCUT2D eigenvalue weighted by atomic mass is 35.5. The predicted octanol–water partition coefficient (Wildman–Crippen LogP) is 3.89. The zero-order chi connectivity index (χ0) is 17.0. The fourth-order valence-electron chi connectivity index (χ4n) is 1.79. The summed E-state index contributed by atoms with van der Waals surface area (Å²) in [5.74, 6) is -0.664. The number of hydrogen-bond donors (Lipinski definition) is 3. The van der Waals surface area contributed by atoms with Gasteiger partial charge < -0.3 is 15.7 Å². The summed E-state index contributed by atoms with van der Waals surface area (Å²) in [6.07, 6.45) is 0. The molecule has 0 heterocycles. The lowest BCUT2D eigenvalue weighted by atomic mass is 10.1. The molecule has 0 bridgehead atoms. The van der Waals surface area contributed by atoms with E-state index >= 15 is 0 Å². The van der Waals surface area contributed by atoms with Crippen LogP contribution in [-0.2, 0) is 4.79 Å². The van der Waals surface area contributed by atoms with Crippen molar-refractivity contribution in [2.45, 2.75) is 13.8 Å². The number of phenolic OH excluding ortho intramolecular Hbond substituents is 1. The summed E-state index contributed by atoms with van der Waals surface area (Å²) in [5.41, 5.74) is 1.25. The van der Waals surface area contributed by atoms with Crippen LogP contribution in [0, 0.1) is 5.92 Å². The molecule has 23 heavy (non-hydrogen) atoms. The quantitative estimate of drug-likeness (QED) is 0.743. The smallest absolute Gasteiger partial charge is 0.255 e.